The van der Waals surface area contributed by atoms with Gasteiger partial charge in [0.05, 0.1) is 12.7 Å². The van der Waals surface area contributed by atoms with Gasteiger partial charge in [-0.05, 0) is 38.2 Å². The molecule has 2 bridgehead atoms. The number of hydrogen-bond acceptors (Lipinski definition) is 2. The number of fused-ring (bicyclic) bond motifs is 2. The Balaban J connectivity index is 1.52. The normalized spacial score (nSPS) is 31.7. The first-order chi connectivity index (χ1) is 8.29. The number of hydrogen-bond donors (Lipinski definition) is 1. The van der Waals surface area contributed by atoms with Gasteiger partial charge in [-0.25, -0.2) is 0 Å². The van der Waals surface area contributed by atoms with E-state index in [1.165, 1.54) is 36.8 Å². The highest BCUT2D eigenvalue weighted by Crippen LogP contribution is 2.28. The van der Waals surface area contributed by atoms with Crippen LogP contribution in [0.1, 0.15) is 36.8 Å². The number of ether oxygens (including phenoxy) is 1. The molecule has 3 atom stereocenters. The summed E-state index contributed by atoms with van der Waals surface area (Å²) in [6, 6.07) is 10.1. The van der Waals surface area contributed by atoms with Crippen molar-refractivity contribution in [2.24, 2.45) is 0 Å². The van der Waals surface area contributed by atoms with E-state index in [0.29, 0.717) is 6.10 Å². The van der Waals surface area contributed by atoms with E-state index >= 15 is 0 Å². The van der Waals surface area contributed by atoms with E-state index in [1.54, 1.807) is 0 Å². The van der Waals surface area contributed by atoms with Gasteiger partial charge in [-0.2, -0.15) is 0 Å². The zero-order valence-electron chi connectivity index (χ0n) is 10.5. The van der Waals surface area contributed by atoms with E-state index in [2.05, 4.69) is 36.5 Å². The van der Waals surface area contributed by atoms with E-state index in [9.17, 15) is 0 Å². The fourth-order valence-corrected chi connectivity index (χ4v) is 3.04. The minimum atomic E-state index is 0.468. The van der Waals surface area contributed by atoms with Gasteiger partial charge in [-0.3, -0.25) is 0 Å². The molecule has 2 heterocycles. The van der Waals surface area contributed by atoms with Gasteiger partial charge < -0.3 is 10.1 Å². The Bertz CT molecular complexity index is 361. The van der Waals surface area contributed by atoms with Crippen LogP contribution in [0, 0.1) is 6.92 Å². The largest absolute Gasteiger partial charge is 0.373 e. The fourth-order valence-electron chi connectivity index (χ4n) is 3.04. The zero-order valence-corrected chi connectivity index (χ0v) is 10.5. The van der Waals surface area contributed by atoms with Crippen LogP contribution in [0.3, 0.4) is 0 Å². The van der Waals surface area contributed by atoms with E-state index < -0.39 is 0 Å². The van der Waals surface area contributed by atoms with Crippen molar-refractivity contribution in [3.05, 3.63) is 35.4 Å². The predicted molar refractivity (Wildman–Crippen MR) is 68.9 cm³/mol. The Morgan fingerprint density at radius 2 is 1.76 bits per heavy atom. The Kier molecular flexibility index (Phi) is 3.17. The molecule has 2 nitrogen and oxygen atoms in total. The molecule has 0 saturated carbocycles. The molecule has 1 N–H and O–H groups in total. The van der Waals surface area contributed by atoms with Gasteiger partial charge in [0.25, 0.3) is 0 Å². The number of piperidine rings is 1. The first-order valence-electron chi connectivity index (χ1n) is 6.73. The van der Waals surface area contributed by atoms with Crippen LogP contribution in [0.5, 0.6) is 0 Å². The molecule has 2 heteroatoms. The first kappa shape index (κ1) is 11.2. The molecule has 2 aliphatic heterocycles. The van der Waals surface area contributed by atoms with E-state index in [4.69, 9.17) is 4.74 Å². The average Bonchev–Trinajstić information content (AvgIpc) is 2.68. The number of aryl methyl sites for hydroxylation is 1. The summed E-state index contributed by atoms with van der Waals surface area (Å²) < 4.78 is 6.05. The molecular formula is C15H21NO. The molecule has 2 aliphatic rings. The maximum atomic E-state index is 6.05. The van der Waals surface area contributed by atoms with Crippen molar-refractivity contribution in [2.45, 2.75) is 57.4 Å². The van der Waals surface area contributed by atoms with Gasteiger partial charge in [-0.1, -0.05) is 29.8 Å². The summed E-state index contributed by atoms with van der Waals surface area (Å²) in [5.74, 6) is 0. The molecule has 2 saturated heterocycles. The maximum absolute atomic E-state index is 6.05. The van der Waals surface area contributed by atoms with Crippen molar-refractivity contribution in [3.8, 4) is 0 Å². The molecule has 1 aromatic carbocycles. The molecule has 92 valence electrons. The predicted octanol–water partition coefficient (Wildman–Crippen LogP) is 2.79. The highest BCUT2D eigenvalue weighted by molar-refractivity contribution is 5.20. The summed E-state index contributed by atoms with van der Waals surface area (Å²) in [5.41, 5.74) is 2.61. The molecule has 0 aliphatic carbocycles. The second-order valence-electron chi connectivity index (χ2n) is 5.53. The molecule has 1 aromatic rings. The van der Waals surface area contributed by atoms with Crippen molar-refractivity contribution in [1.82, 2.24) is 5.32 Å². The topological polar surface area (TPSA) is 21.3 Å². The minimum absolute atomic E-state index is 0.468. The highest BCUT2D eigenvalue weighted by Gasteiger charge is 2.33. The summed E-state index contributed by atoms with van der Waals surface area (Å²) >= 11 is 0. The third kappa shape index (κ3) is 2.70. The van der Waals surface area contributed by atoms with Crippen LogP contribution in [-0.2, 0) is 11.3 Å². The average molecular weight is 231 g/mol. The molecule has 3 rings (SSSR count). The minimum Gasteiger partial charge on any atom is -0.373 e. The lowest BCUT2D eigenvalue weighted by Gasteiger charge is -2.29. The molecule has 0 spiro atoms. The van der Waals surface area contributed by atoms with Crippen molar-refractivity contribution < 1.29 is 4.74 Å². The third-order valence-electron chi connectivity index (χ3n) is 4.04. The van der Waals surface area contributed by atoms with Gasteiger partial charge in [0.15, 0.2) is 0 Å². The molecule has 0 radical (unpaired) electrons. The molecule has 17 heavy (non-hydrogen) atoms. The van der Waals surface area contributed by atoms with Crippen molar-refractivity contribution in [2.75, 3.05) is 0 Å². The Hall–Kier alpha value is -0.860. The standard InChI is InChI=1S/C15H21NO/c1-11-2-4-12(5-3-11)10-17-15-8-13-6-7-14(9-15)16-13/h2-5,13-16H,6-10H2,1H3/t13-,14+,15+. The smallest absolute Gasteiger partial charge is 0.0720 e. The lowest BCUT2D eigenvalue weighted by Crippen LogP contribution is -2.41. The third-order valence-corrected chi connectivity index (χ3v) is 4.04. The van der Waals surface area contributed by atoms with Crippen molar-refractivity contribution in [3.63, 3.8) is 0 Å². The van der Waals surface area contributed by atoms with Crippen LogP contribution in [0.15, 0.2) is 24.3 Å². The second kappa shape index (κ2) is 4.79. The lowest BCUT2D eigenvalue weighted by atomic mass is 10.0. The van der Waals surface area contributed by atoms with Crippen LogP contribution >= 0.6 is 0 Å². The Morgan fingerprint density at radius 1 is 1.12 bits per heavy atom. The molecule has 0 amide bonds. The summed E-state index contributed by atoms with van der Waals surface area (Å²) in [4.78, 5) is 0. The summed E-state index contributed by atoms with van der Waals surface area (Å²) in [6.45, 7) is 2.89. The van der Waals surface area contributed by atoms with Crippen LogP contribution < -0.4 is 5.32 Å². The van der Waals surface area contributed by atoms with E-state index in [-0.39, 0.29) is 0 Å². The zero-order chi connectivity index (χ0) is 11.7. The SMILES string of the molecule is Cc1ccc(CO[C@H]2C[C@H]3CC[C@@H](C2)N3)cc1. The summed E-state index contributed by atoms with van der Waals surface area (Å²) in [7, 11) is 0. The highest BCUT2D eigenvalue weighted by atomic mass is 16.5. The number of rotatable bonds is 3. The van der Waals surface area contributed by atoms with Gasteiger partial charge >= 0.3 is 0 Å². The summed E-state index contributed by atoms with van der Waals surface area (Å²) in [6.07, 6.45) is 5.55. The monoisotopic (exact) mass is 231 g/mol. The van der Waals surface area contributed by atoms with Gasteiger partial charge in [-0.15, -0.1) is 0 Å². The quantitative estimate of drug-likeness (QED) is 0.863. The van der Waals surface area contributed by atoms with Crippen LogP contribution in [0.4, 0.5) is 0 Å². The van der Waals surface area contributed by atoms with Crippen LogP contribution in [-0.4, -0.2) is 18.2 Å². The Labute approximate surface area is 103 Å². The fraction of sp³-hybridized carbons (Fsp3) is 0.600. The van der Waals surface area contributed by atoms with Crippen molar-refractivity contribution >= 4 is 0 Å². The molecule has 2 fully saturated rings. The second-order valence-corrected chi connectivity index (χ2v) is 5.53. The van der Waals surface area contributed by atoms with Crippen LogP contribution in [0.25, 0.3) is 0 Å². The Morgan fingerprint density at radius 3 is 2.41 bits per heavy atom. The maximum Gasteiger partial charge on any atom is 0.0720 e. The lowest BCUT2D eigenvalue weighted by molar-refractivity contribution is 0.00917. The van der Waals surface area contributed by atoms with Gasteiger partial charge in [0.2, 0.25) is 0 Å². The van der Waals surface area contributed by atoms with Gasteiger partial charge in [0.1, 0.15) is 0 Å². The molecular weight excluding hydrogens is 210 g/mol. The van der Waals surface area contributed by atoms with E-state index in [1.807, 2.05) is 0 Å². The van der Waals surface area contributed by atoms with Gasteiger partial charge in [0, 0.05) is 12.1 Å². The van der Waals surface area contributed by atoms with Crippen molar-refractivity contribution in [1.29, 1.82) is 0 Å². The molecule has 0 aromatic heterocycles. The number of benzene rings is 1. The van der Waals surface area contributed by atoms with Crippen LogP contribution in [0.2, 0.25) is 0 Å². The van der Waals surface area contributed by atoms with E-state index in [0.717, 1.165) is 18.7 Å². The molecule has 0 unspecified atom stereocenters. The number of nitrogens with one attached hydrogen (secondary N) is 1. The summed E-state index contributed by atoms with van der Waals surface area (Å²) in [5, 5.41) is 3.65. The first-order valence-corrected chi connectivity index (χ1v) is 6.73.